The van der Waals surface area contributed by atoms with E-state index in [1.54, 1.807) is 0 Å². The summed E-state index contributed by atoms with van der Waals surface area (Å²) in [6.07, 6.45) is 0. The summed E-state index contributed by atoms with van der Waals surface area (Å²) in [7, 11) is -0.0565. The van der Waals surface area contributed by atoms with Gasteiger partial charge in [-0.3, -0.25) is 0 Å². The molecule has 0 saturated carbocycles. The fourth-order valence-corrected chi connectivity index (χ4v) is 5.69. The van der Waals surface area contributed by atoms with Crippen molar-refractivity contribution in [3.05, 3.63) is 95.4 Å². The summed E-state index contributed by atoms with van der Waals surface area (Å²) in [5, 5.41) is 3.52. The second-order valence-corrected chi connectivity index (χ2v) is 11.6. The highest BCUT2D eigenvalue weighted by Gasteiger charge is 2.26. The lowest BCUT2D eigenvalue weighted by molar-refractivity contribution is -0.159. The van der Waals surface area contributed by atoms with Crippen molar-refractivity contribution in [3.63, 3.8) is 0 Å². The molecule has 170 valence electrons. The molecule has 0 amide bonds. The van der Waals surface area contributed by atoms with Crippen molar-refractivity contribution in [2.24, 2.45) is 0 Å². The number of hydrogen-bond donors (Lipinski definition) is 0. The molecule has 1 unspecified atom stereocenters. The van der Waals surface area contributed by atoms with Gasteiger partial charge >= 0.3 is 5.97 Å². The Labute approximate surface area is 199 Å². The zero-order valence-corrected chi connectivity index (χ0v) is 20.7. The predicted octanol–water partition coefficient (Wildman–Crippen LogP) is 7.73. The first-order valence-corrected chi connectivity index (χ1v) is 12.5. The van der Waals surface area contributed by atoms with Crippen molar-refractivity contribution in [1.82, 2.24) is 0 Å². The fourth-order valence-electron chi connectivity index (χ4n) is 3.81. The second kappa shape index (κ2) is 9.03. The van der Waals surface area contributed by atoms with Gasteiger partial charge in [-0.25, -0.2) is 4.79 Å². The summed E-state index contributed by atoms with van der Waals surface area (Å²) in [5.41, 5.74) is 1.56. The van der Waals surface area contributed by atoms with Gasteiger partial charge in [-0.2, -0.15) is 0 Å². The molecule has 0 spiro atoms. The van der Waals surface area contributed by atoms with Crippen LogP contribution in [0.3, 0.4) is 0 Å². The molecule has 3 nitrogen and oxygen atoms in total. The van der Waals surface area contributed by atoms with E-state index in [0.717, 1.165) is 5.56 Å². The SMILES string of the molecule is CC(C)(C)c1ccc(C(C)(C)OC(=O)COc2ccc(-[s+]3ccc4ccccc43)cc2)cc1. The molecule has 0 aliphatic rings. The molecule has 0 saturated heterocycles. The summed E-state index contributed by atoms with van der Waals surface area (Å²) >= 11 is 0. The predicted molar refractivity (Wildman–Crippen MR) is 138 cm³/mol. The molecular weight excluding hydrogens is 428 g/mol. The van der Waals surface area contributed by atoms with Crippen LogP contribution in [0.5, 0.6) is 5.75 Å². The molecule has 33 heavy (non-hydrogen) atoms. The normalized spacial score (nSPS) is 12.6. The maximum absolute atomic E-state index is 12.5. The smallest absolute Gasteiger partial charge is 0.345 e. The summed E-state index contributed by atoms with van der Waals surface area (Å²) < 4.78 is 12.8. The molecule has 4 rings (SSSR count). The van der Waals surface area contributed by atoms with E-state index < -0.39 is 11.6 Å². The van der Waals surface area contributed by atoms with E-state index in [2.05, 4.69) is 80.7 Å². The average molecular weight is 460 g/mol. The number of thiophene rings is 1. The maximum Gasteiger partial charge on any atom is 0.345 e. The number of ether oxygens (including phenoxy) is 2. The van der Waals surface area contributed by atoms with E-state index in [4.69, 9.17) is 9.47 Å². The van der Waals surface area contributed by atoms with Gasteiger partial charge in [0.2, 0.25) is 0 Å². The van der Waals surface area contributed by atoms with E-state index in [0.29, 0.717) is 5.75 Å². The molecule has 0 aliphatic heterocycles. The van der Waals surface area contributed by atoms with Gasteiger partial charge in [0.15, 0.2) is 16.2 Å². The van der Waals surface area contributed by atoms with Crippen LogP contribution in [0.2, 0.25) is 0 Å². The van der Waals surface area contributed by atoms with Gasteiger partial charge in [0.25, 0.3) is 0 Å². The van der Waals surface area contributed by atoms with E-state index in [-0.39, 0.29) is 22.5 Å². The van der Waals surface area contributed by atoms with E-state index in [1.165, 1.54) is 20.5 Å². The highest BCUT2D eigenvalue weighted by atomic mass is 32.2. The first-order valence-electron chi connectivity index (χ1n) is 11.2. The molecule has 0 fully saturated rings. The Morgan fingerprint density at radius 2 is 1.42 bits per heavy atom. The van der Waals surface area contributed by atoms with Crippen molar-refractivity contribution in [2.75, 3.05) is 6.61 Å². The topological polar surface area (TPSA) is 35.5 Å². The largest absolute Gasteiger partial charge is 0.482 e. The molecule has 3 aromatic carbocycles. The maximum atomic E-state index is 12.5. The van der Waals surface area contributed by atoms with Gasteiger partial charge in [0, 0.05) is 34.1 Å². The van der Waals surface area contributed by atoms with Crippen molar-refractivity contribution < 1.29 is 14.3 Å². The highest BCUT2D eigenvalue weighted by molar-refractivity contribution is 7.43. The number of rotatable bonds is 6. The fraction of sp³-hybridized carbons (Fsp3) is 0.276. The van der Waals surface area contributed by atoms with Gasteiger partial charge in [-0.15, -0.1) is 0 Å². The molecule has 0 bridgehead atoms. The summed E-state index contributed by atoms with van der Waals surface area (Å²) in [5.74, 6) is 0.265. The zero-order chi connectivity index (χ0) is 23.6. The molecule has 4 heteroatoms. The molecular formula is C29H31O3S+. The summed E-state index contributed by atoms with van der Waals surface area (Å²) in [4.78, 5) is 13.7. The molecule has 1 aromatic heterocycles. The van der Waals surface area contributed by atoms with Crippen molar-refractivity contribution in [3.8, 4) is 10.6 Å². The average Bonchev–Trinajstić information content (AvgIpc) is 3.21. The molecule has 0 N–H and O–H groups in total. The second-order valence-electron chi connectivity index (χ2n) is 9.75. The quantitative estimate of drug-likeness (QED) is 0.219. The lowest BCUT2D eigenvalue weighted by Crippen LogP contribution is -2.28. The highest BCUT2D eigenvalue weighted by Crippen LogP contribution is 2.40. The van der Waals surface area contributed by atoms with Crippen LogP contribution < -0.4 is 4.74 Å². The summed E-state index contributed by atoms with van der Waals surface area (Å²) in [6, 6.07) is 26.9. The van der Waals surface area contributed by atoms with Crippen LogP contribution in [0.4, 0.5) is 0 Å². The van der Waals surface area contributed by atoms with Crippen LogP contribution in [-0.2, 0) is 20.5 Å². The third-order valence-electron chi connectivity index (χ3n) is 5.79. The molecule has 1 heterocycles. The Bertz CT molecular complexity index is 1240. The Morgan fingerprint density at radius 3 is 2.09 bits per heavy atom. The van der Waals surface area contributed by atoms with Crippen LogP contribution >= 0.6 is 10.5 Å². The zero-order valence-electron chi connectivity index (χ0n) is 19.9. The van der Waals surface area contributed by atoms with E-state index in [9.17, 15) is 4.79 Å². The standard InChI is InChI=1S/C29H31O3S/c1-28(2,3)22-10-12-23(13-11-22)29(4,5)32-27(30)20-31-24-14-16-25(17-15-24)33-19-18-21-8-6-7-9-26(21)33/h6-19H,20H2,1-5H3/q+1. The lowest BCUT2D eigenvalue weighted by atomic mass is 9.85. The van der Waals surface area contributed by atoms with E-state index >= 15 is 0 Å². The van der Waals surface area contributed by atoms with Gasteiger partial charge in [0.1, 0.15) is 16.7 Å². The molecule has 0 aliphatic carbocycles. The number of esters is 1. The van der Waals surface area contributed by atoms with Crippen molar-refractivity contribution in [2.45, 2.75) is 45.6 Å². The number of fused-ring (bicyclic) bond motifs is 1. The van der Waals surface area contributed by atoms with Crippen LogP contribution in [0.1, 0.15) is 45.7 Å². The molecule has 4 aromatic rings. The molecule has 0 radical (unpaired) electrons. The lowest BCUT2D eigenvalue weighted by Gasteiger charge is -2.27. The Hall–Kier alpha value is -3.11. The van der Waals surface area contributed by atoms with Gasteiger partial charge < -0.3 is 9.47 Å². The number of carbonyl (C=O) groups is 1. The van der Waals surface area contributed by atoms with Crippen molar-refractivity contribution in [1.29, 1.82) is 0 Å². The monoisotopic (exact) mass is 459 g/mol. The summed E-state index contributed by atoms with van der Waals surface area (Å²) in [6.45, 7) is 10.2. The first kappa shape index (κ1) is 23.1. The van der Waals surface area contributed by atoms with E-state index in [1.807, 2.05) is 38.1 Å². The van der Waals surface area contributed by atoms with Crippen LogP contribution in [0.25, 0.3) is 15.0 Å². The first-order chi connectivity index (χ1) is 15.6. The minimum atomic E-state index is -0.732. The number of hydrogen-bond acceptors (Lipinski definition) is 3. The Morgan fingerprint density at radius 1 is 0.788 bits per heavy atom. The number of benzene rings is 3. The molecule has 1 atom stereocenters. The number of carbonyl (C=O) groups excluding carboxylic acids is 1. The minimum absolute atomic E-state index is 0.0565. The van der Waals surface area contributed by atoms with Crippen LogP contribution in [0.15, 0.2) is 84.2 Å². The van der Waals surface area contributed by atoms with Gasteiger partial charge in [-0.1, -0.05) is 57.2 Å². The third-order valence-corrected chi connectivity index (χ3v) is 7.82. The third kappa shape index (κ3) is 5.28. The van der Waals surface area contributed by atoms with Crippen molar-refractivity contribution >= 4 is 26.5 Å². The Balaban J connectivity index is 1.36. The van der Waals surface area contributed by atoms with Crippen LogP contribution in [-0.4, -0.2) is 12.6 Å². The van der Waals surface area contributed by atoms with Crippen LogP contribution in [0, 0.1) is 0 Å². The van der Waals surface area contributed by atoms with Gasteiger partial charge in [-0.05, 0) is 54.7 Å². The minimum Gasteiger partial charge on any atom is -0.482 e. The Kier molecular flexibility index (Phi) is 6.31. The van der Waals surface area contributed by atoms with Gasteiger partial charge in [0.05, 0.1) is 0 Å².